The predicted molar refractivity (Wildman–Crippen MR) is 119 cm³/mol. The van der Waals surface area contributed by atoms with E-state index >= 15 is 0 Å². The normalized spacial score (nSPS) is 10.3. The Bertz CT molecular complexity index is 1430. The third kappa shape index (κ3) is 3.52. The molecule has 0 atom stereocenters. The number of nitriles is 2. The van der Waals surface area contributed by atoms with E-state index in [0.29, 0.717) is 11.4 Å². The molecule has 0 unspecified atom stereocenters. The average molecular weight is 407 g/mol. The second-order valence-electron chi connectivity index (χ2n) is 6.89. The average Bonchev–Trinajstić information content (AvgIpc) is 3.06. The number of phenols is 1. The first kappa shape index (κ1) is 19.6. The van der Waals surface area contributed by atoms with Gasteiger partial charge < -0.3 is 20.3 Å². The number of nitrogens with one attached hydrogen (secondary N) is 2. The Kier molecular flexibility index (Phi) is 5.01. The summed E-state index contributed by atoms with van der Waals surface area (Å²) in [5, 5.41) is 35.8. The number of para-hydroxylation sites is 3. The minimum atomic E-state index is -0.480. The first-order valence-corrected chi connectivity index (χ1v) is 9.41. The molecule has 4 aromatic rings. The molecule has 3 N–H and O–H groups in total. The number of allylic oxidation sites excluding steroid dienone is 1. The molecule has 0 saturated carbocycles. The molecule has 0 aliphatic rings. The van der Waals surface area contributed by atoms with Gasteiger partial charge in [0.15, 0.2) is 0 Å². The van der Waals surface area contributed by atoms with Crippen molar-refractivity contribution >= 4 is 39.1 Å². The lowest BCUT2D eigenvalue weighted by atomic mass is 10.1. The van der Waals surface area contributed by atoms with Crippen LogP contribution in [0.2, 0.25) is 0 Å². The van der Waals surface area contributed by atoms with E-state index in [1.807, 2.05) is 35.9 Å². The summed E-state index contributed by atoms with van der Waals surface area (Å²) in [5.41, 5.74) is 2.81. The molecule has 150 valence electrons. The summed E-state index contributed by atoms with van der Waals surface area (Å²) in [7, 11) is 1.91. The van der Waals surface area contributed by atoms with Gasteiger partial charge in [0.1, 0.15) is 23.5 Å². The van der Waals surface area contributed by atoms with Gasteiger partial charge in [-0.1, -0.05) is 30.3 Å². The molecule has 0 fully saturated rings. The number of phenolic OH excluding ortho intramolecular Hbond substituents is 1. The molecular formula is C24H17N5O2. The molecular weight excluding hydrogens is 390 g/mol. The summed E-state index contributed by atoms with van der Waals surface area (Å²) in [6.45, 7) is 0. The van der Waals surface area contributed by atoms with Crippen molar-refractivity contribution in [1.29, 1.82) is 10.5 Å². The second kappa shape index (κ2) is 7.94. The molecule has 0 aliphatic heterocycles. The molecule has 31 heavy (non-hydrogen) atoms. The SMILES string of the molecule is Cn1c2ccccc2c2cc(C(=O)Nc3ccccc3NC=C(C#N)C#N)c(O)cc21. The molecule has 4 rings (SSSR count). The molecule has 0 radical (unpaired) electrons. The lowest BCUT2D eigenvalue weighted by Crippen LogP contribution is -2.13. The number of carbonyl (C=O) groups is 1. The number of anilines is 2. The Balaban J connectivity index is 1.71. The summed E-state index contributed by atoms with van der Waals surface area (Å²) in [6, 6.07) is 21.5. The van der Waals surface area contributed by atoms with Crippen LogP contribution < -0.4 is 10.6 Å². The van der Waals surface area contributed by atoms with Crippen molar-refractivity contribution in [1.82, 2.24) is 4.57 Å². The van der Waals surface area contributed by atoms with Crippen molar-refractivity contribution in [2.75, 3.05) is 10.6 Å². The van der Waals surface area contributed by atoms with Gasteiger partial charge in [-0.3, -0.25) is 4.79 Å². The van der Waals surface area contributed by atoms with Gasteiger partial charge in [0.25, 0.3) is 5.91 Å². The van der Waals surface area contributed by atoms with Gasteiger partial charge in [0, 0.05) is 35.6 Å². The van der Waals surface area contributed by atoms with Crippen LogP contribution in [0.4, 0.5) is 11.4 Å². The van der Waals surface area contributed by atoms with Crippen LogP contribution in [0.25, 0.3) is 21.8 Å². The maximum Gasteiger partial charge on any atom is 0.259 e. The molecule has 7 heteroatoms. The number of nitrogens with zero attached hydrogens (tertiary/aromatic N) is 3. The lowest BCUT2D eigenvalue weighted by Gasteiger charge is -2.12. The number of aryl methyl sites for hydroxylation is 1. The molecule has 0 aliphatic carbocycles. The number of aromatic nitrogens is 1. The molecule has 0 spiro atoms. The van der Waals surface area contributed by atoms with Gasteiger partial charge in [-0.05, 0) is 24.3 Å². The third-order valence-corrected chi connectivity index (χ3v) is 5.06. The molecule has 1 aromatic heterocycles. The van der Waals surface area contributed by atoms with E-state index < -0.39 is 5.91 Å². The fourth-order valence-electron chi connectivity index (χ4n) is 3.52. The zero-order chi connectivity index (χ0) is 22.0. The number of amides is 1. The number of hydrogen-bond acceptors (Lipinski definition) is 5. The van der Waals surface area contributed by atoms with Gasteiger partial charge in [0.05, 0.1) is 22.5 Å². The predicted octanol–water partition coefficient (Wildman–Crippen LogP) is 4.63. The molecule has 3 aromatic carbocycles. The van der Waals surface area contributed by atoms with Crippen molar-refractivity contribution in [3.05, 3.63) is 78.0 Å². The quantitative estimate of drug-likeness (QED) is 0.427. The standard InChI is InChI=1S/C24H17N5O2/c1-29-21-9-5-2-6-16(21)17-10-18(23(30)11-22(17)29)24(31)28-20-8-4-3-7-19(20)27-14-15(12-25)13-26/h2-11,14,27,30H,1H3,(H,28,31). The highest BCUT2D eigenvalue weighted by atomic mass is 16.3. The summed E-state index contributed by atoms with van der Waals surface area (Å²) in [6.07, 6.45) is 1.27. The monoisotopic (exact) mass is 407 g/mol. The Hall–Kier alpha value is -4.75. The second-order valence-corrected chi connectivity index (χ2v) is 6.89. The molecule has 7 nitrogen and oxygen atoms in total. The van der Waals surface area contributed by atoms with Crippen LogP contribution in [0.1, 0.15) is 10.4 Å². The van der Waals surface area contributed by atoms with E-state index in [1.54, 1.807) is 48.5 Å². The number of rotatable bonds is 4. The van der Waals surface area contributed by atoms with Crippen LogP contribution >= 0.6 is 0 Å². The van der Waals surface area contributed by atoms with E-state index in [-0.39, 0.29) is 16.9 Å². The maximum atomic E-state index is 13.0. The zero-order valence-electron chi connectivity index (χ0n) is 16.5. The van der Waals surface area contributed by atoms with Crippen LogP contribution in [-0.4, -0.2) is 15.6 Å². The minimum absolute atomic E-state index is 0.0971. The van der Waals surface area contributed by atoms with Crippen molar-refractivity contribution in [3.8, 4) is 17.9 Å². The van der Waals surface area contributed by atoms with E-state index in [4.69, 9.17) is 10.5 Å². The Morgan fingerprint density at radius 3 is 2.39 bits per heavy atom. The number of fused-ring (bicyclic) bond motifs is 3. The van der Waals surface area contributed by atoms with Gasteiger partial charge in [-0.2, -0.15) is 10.5 Å². The van der Waals surface area contributed by atoms with Crippen LogP contribution in [-0.2, 0) is 7.05 Å². The molecule has 0 saturated heterocycles. The zero-order valence-corrected chi connectivity index (χ0v) is 16.5. The Labute approximate surface area is 178 Å². The van der Waals surface area contributed by atoms with Crippen LogP contribution in [0.5, 0.6) is 5.75 Å². The van der Waals surface area contributed by atoms with Gasteiger partial charge in [-0.15, -0.1) is 0 Å². The van der Waals surface area contributed by atoms with Crippen molar-refractivity contribution in [2.24, 2.45) is 7.05 Å². The van der Waals surface area contributed by atoms with Crippen LogP contribution in [0.3, 0.4) is 0 Å². The maximum absolute atomic E-state index is 13.0. The number of hydrogen-bond donors (Lipinski definition) is 3. The van der Waals surface area contributed by atoms with E-state index in [0.717, 1.165) is 21.8 Å². The number of benzene rings is 3. The van der Waals surface area contributed by atoms with Crippen molar-refractivity contribution in [2.45, 2.75) is 0 Å². The largest absolute Gasteiger partial charge is 0.507 e. The fraction of sp³-hybridized carbons (Fsp3) is 0.0417. The fourth-order valence-corrected chi connectivity index (χ4v) is 3.52. The number of aromatic hydroxyl groups is 1. The summed E-state index contributed by atoms with van der Waals surface area (Å²) < 4.78 is 1.97. The highest BCUT2D eigenvalue weighted by molar-refractivity contribution is 6.14. The smallest absolute Gasteiger partial charge is 0.259 e. The van der Waals surface area contributed by atoms with E-state index in [2.05, 4.69) is 10.6 Å². The summed E-state index contributed by atoms with van der Waals surface area (Å²) >= 11 is 0. The highest BCUT2D eigenvalue weighted by Gasteiger charge is 2.17. The first-order chi connectivity index (χ1) is 15.0. The van der Waals surface area contributed by atoms with Crippen LogP contribution in [0.15, 0.2) is 72.4 Å². The highest BCUT2D eigenvalue weighted by Crippen LogP contribution is 2.33. The van der Waals surface area contributed by atoms with Gasteiger partial charge in [-0.25, -0.2) is 0 Å². The topological polar surface area (TPSA) is 114 Å². The minimum Gasteiger partial charge on any atom is -0.507 e. The Morgan fingerprint density at radius 1 is 0.968 bits per heavy atom. The first-order valence-electron chi connectivity index (χ1n) is 9.41. The number of carbonyl (C=O) groups excluding carboxylic acids is 1. The Morgan fingerprint density at radius 2 is 1.65 bits per heavy atom. The lowest BCUT2D eigenvalue weighted by molar-refractivity contribution is 0.102. The van der Waals surface area contributed by atoms with Gasteiger partial charge in [0.2, 0.25) is 0 Å². The van der Waals surface area contributed by atoms with E-state index in [9.17, 15) is 9.90 Å². The van der Waals surface area contributed by atoms with Gasteiger partial charge >= 0.3 is 0 Å². The van der Waals surface area contributed by atoms with Crippen molar-refractivity contribution in [3.63, 3.8) is 0 Å². The molecule has 1 amide bonds. The van der Waals surface area contributed by atoms with E-state index in [1.165, 1.54) is 6.20 Å². The third-order valence-electron chi connectivity index (χ3n) is 5.06. The van der Waals surface area contributed by atoms with Crippen molar-refractivity contribution < 1.29 is 9.90 Å². The molecule has 1 heterocycles. The summed E-state index contributed by atoms with van der Waals surface area (Å²) in [5.74, 6) is -0.608. The summed E-state index contributed by atoms with van der Waals surface area (Å²) in [4.78, 5) is 13.0. The molecule has 0 bridgehead atoms. The van der Waals surface area contributed by atoms with Crippen LogP contribution in [0, 0.1) is 22.7 Å².